The van der Waals surface area contributed by atoms with Gasteiger partial charge in [0.2, 0.25) is 0 Å². The second-order valence-corrected chi connectivity index (χ2v) is 6.82. The highest BCUT2D eigenvalue weighted by Gasteiger charge is 2.18. The largest absolute Gasteiger partial charge is 0.300 e. The Kier molecular flexibility index (Phi) is 5.28. The topological polar surface area (TPSA) is 47.8 Å². The van der Waals surface area contributed by atoms with Gasteiger partial charge < -0.3 is 0 Å². The van der Waals surface area contributed by atoms with E-state index in [-0.39, 0.29) is 11.6 Å². The van der Waals surface area contributed by atoms with Gasteiger partial charge >= 0.3 is 0 Å². The number of ketones is 1. The second-order valence-electron chi connectivity index (χ2n) is 5.76. The summed E-state index contributed by atoms with van der Waals surface area (Å²) in [6.07, 6.45) is 0.459. The Morgan fingerprint density at radius 3 is 2.52 bits per heavy atom. The van der Waals surface area contributed by atoms with Crippen LogP contribution in [0.2, 0.25) is 0 Å². The average Bonchev–Trinajstić information content (AvgIpc) is 2.99. The number of halogens is 1. The smallest absolute Gasteiger partial charge is 0.196 e. The summed E-state index contributed by atoms with van der Waals surface area (Å²) >= 11 is 1.44. The molecule has 0 amide bonds. The van der Waals surface area contributed by atoms with Crippen molar-refractivity contribution in [3.05, 3.63) is 59.9 Å². The lowest BCUT2D eigenvalue weighted by Gasteiger charge is -2.11. The number of hydrogen-bond donors (Lipinski definition) is 0. The van der Waals surface area contributed by atoms with Crippen LogP contribution in [0, 0.1) is 12.7 Å². The minimum absolute atomic E-state index is 0.128. The number of thioether (sulfide) groups is 1. The third-order valence-corrected chi connectivity index (χ3v) is 4.66. The summed E-state index contributed by atoms with van der Waals surface area (Å²) in [5, 5.41) is 9.08. The molecular formula is C19H18FN3OS. The van der Waals surface area contributed by atoms with Gasteiger partial charge in [-0.3, -0.25) is 9.36 Å². The number of benzene rings is 2. The van der Waals surface area contributed by atoms with Gasteiger partial charge in [0.15, 0.2) is 11.0 Å². The molecule has 25 heavy (non-hydrogen) atoms. The summed E-state index contributed by atoms with van der Waals surface area (Å²) in [6, 6.07) is 14.4. The van der Waals surface area contributed by atoms with Crippen molar-refractivity contribution in [2.24, 2.45) is 0 Å². The van der Waals surface area contributed by atoms with Gasteiger partial charge in [0.25, 0.3) is 0 Å². The summed E-state index contributed by atoms with van der Waals surface area (Å²) in [5.41, 5.74) is 2.39. The highest BCUT2D eigenvalue weighted by Crippen LogP contribution is 2.29. The molecule has 2 aromatic carbocycles. The second kappa shape index (κ2) is 7.61. The standard InChI is InChI=1S/C19H18FN3OS/c1-13-7-9-15(10-8-13)23-18(16-5-3-4-6-17(16)20)21-22-19(23)25-12-11-14(2)24/h3-10H,11-12H2,1-2H3. The van der Waals surface area contributed by atoms with Gasteiger partial charge in [-0.1, -0.05) is 41.6 Å². The monoisotopic (exact) mass is 355 g/mol. The molecular weight excluding hydrogens is 337 g/mol. The summed E-state index contributed by atoms with van der Waals surface area (Å²) in [5.74, 6) is 0.843. The maximum absolute atomic E-state index is 14.3. The Morgan fingerprint density at radius 2 is 1.84 bits per heavy atom. The van der Waals surface area contributed by atoms with Crippen molar-refractivity contribution in [1.29, 1.82) is 0 Å². The Bertz CT molecular complexity index is 890. The Morgan fingerprint density at radius 1 is 1.12 bits per heavy atom. The minimum Gasteiger partial charge on any atom is -0.300 e. The SMILES string of the molecule is CC(=O)CCSc1nnc(-c2ccccc2F)n1-c1ccc(C)cc1. The summed E-state index contributed by atoms with van der Waals surface area (Å²) in [7, 11) is 0. The molecule has 0 bridgehead atoms. The van der Waals surface area contributed by atoms with Crippen LogP contribution in [0.1, 0.15) is 18.9 Å². The molecule has 128 valence electrons. The first-order valence-electron chi connectivity index (χ1n) is 7.96. The van der Waals surface area contributed by atoms with Gasteiger partial charge in [-0.25, -0.2) is 4.39 Å². The van der Waals surface area contributed by atoms with Crippen molar-refractivity contribution in [3.8, 4) is 17.1 Å². The number of carbonyl (C=O) groups is 1. The Balaban J connectivity index is 2.06. The van der Waals surface area contributed by atoms with E-state index in [2.05, 4.69) is 10.2 Å². The highest BCUT2D eigenvalue weighted by molar-refractivity contribution is 7.99. The summed E-state index contributed by atoms with van der Waals surface area (Å²) in [6.45, 7) is 3.58. The number of carbonyl (C=O) groups excluding carboxylic acids is 1. The average molecular weight is 355 g/mol. The van der Waals surface area contributed by atoms with Gasteiger partial charge in [-0.2, -0.15) is 0 Å². The fraction of sp³-hybridized carbons (Fsp3) is 0.211. The number of Topliss-reactive ketones (excluding diaryl/α,β-unsaturated/α-hetero) is 1. The van der Waals surface area contributed by atoms with Crippen LogP contribution in [-0.4, -0.2) is 26.3 Å². The van der Waals surface area contributed by atoms with E-state index >= 15 is 0 Å². The predicted molar refractivity (Wildman–Crippen MR) is 97.5 cm³/mol. The number of rotatable bonds is 6. The van der Waals surface area contributed by atoms with Crippen LogP contribution in [-0.2, 0) is 4.79 Å². The first-order chi connectivity index (χ1) is 12.1. The molecule has 0 spiro atoms. The summed E-state index contributed by atoms with van der Waals surface area (Å²) in [4.78, 5) is 11.2. The van der Waals surface area contributed by atoms with E-state index in [1.54, 1.807) is 25.1 Å². The first-order valence-corrected chi connectivity index (χ1v) is 8.94. The van der Waals surface area contributed by atoms with Crippen LogP contribution in [0.5, 0.6) is 0 Å². The van der Waals surface area contributed by atoms with Crippen molar-refractivity contribution >= 4 is 17.5 Å². The van der Waals surface area contributed by atoms with E-state index in [1.165, 1.54) is 17.8 Å². The lowest BCUT2D eigenvalue weighted by atomic mass is 10.2. The fourth-order valence-electron chi connectivity index (χ4n) is 2.39. The number of aryl methyl sites for hydroxylation is 1. The molecule has 0 N–H and O–H groups in total. The summed E-state index contributed by atoms with van der Waals surface area (Å²) < 4.78 is 16.1. The lowest BCUT2D eigenvalue weighted by Crippen LogP contribution is -2.02. The van der Waals surface area contributed by atoms with Gasteiger partial charge in [0.05, 0.1) is 5.56 Å². The zero-order valence-electron chi connectivity index (χ0n) is 14.1. The zero-order chi connectivity index (χ0) is 17.8. The predicted octanol–water partition coefficient (Wildman–Crippen LogP) is 4.45. The quantitative estimate of drug-likeness (QED) is 0.613. The Labute approximate surface area is 150 Å². The highest BCUT2D eigenvalue weighted by atomic mass is 32.2. The first kappa shape index (κ1) is 17.4. The maximum atomic E-state index is 14.3. The Hall–Kier alpha value is -2.47. The molecule has 0 saturated heterocycles. The molecule has 3 aromatic rings. The van der Waals surface area contributed by atoms with Crippen molar-refractivity contribution < 1.29 is 9.18 Å². The molecule has 0 fully saturated rings. The molecule has 1 heterocycles. The van der Waals surface area contributed by atoms with E-state index in [9.17, 15) is 9.18 Å². The molecule has 6 heteroatoms. The molecule has 0 aliphatic carbocycles. The fourth-order valence-corrected chi connectivity index (χ4v) is 3.38. The van der Waals surface area contributed by atoms with Crippen molar-refractivity contribution in [3.63, 3.8) is 0 Å². The third kappa shape index (κ3) is 3.96. The molecule has 1 aromatic heterocycles. The number of hydrogen-bond acceptors (Lipinski definition) is 4. The number of nitrogens with zero attached hydrogens (tertiary/aromatic N) is 3. The van der Waals surface area contributed by atoms with Gasteiger partial charge in [0.1, 0.15) is 11.6 Å². The van der Waals surface area contributed by atoms with Gasteiger partial charge in [0, 0.05) is 17.9 Å². The third-order valence-electron chi connectivity index (χ3n) is 3.73. The van der Waals surface area contributed by atoms with Crippen LogP contribution in [0.25, 0.3) is 17.1 Å². The van der Waals surface area contributed by atoms with Crippen LogP contribution in [0.4, 0.5) is 4.39 Å². The van der Waals surface area contributed by atoms with E-state index in [4.69, 9.17) is 0 Å². The molecule has 0 radical (unpaired) electrons. The minimum atomic E-state index is -0.344. The molecule has 0 aliphatic rings. The van der Waals surface area contributed by atoms with Gasteiger partial charge in [-0.05, 0) is 38.1 Å². The van der Waals surface area contributed by atoms with Crippen molar-refractivity contribution in [2.45, 2.75) is 25.4 Å². The zero-order valence-corrected chi connectivity index (χ0v) is 14.9. The number of aromatic nitrogens is 3. The molecule has 0 atom stereocenters. The van der Waals surface area contributed by atoms with E-state index < -0.39 is 0 Å². The van der Waals surface area contributed by atoms with E-state index in [0.717, 1.165) is 11.3 Å². The molecule has 0 unspecified atom stereocenters. The molecule has 0 saturated carbocycles. The normalized spacial score (nSPS) is 10.8. The molecule has 4 nitrogen and oxygen atoms in total. The van der Waals surface area contributed by atoms with Gasteiger partial charge in [-0.15, -0.1) is 10.2 Å². The van der Waals surface area contributed by atoms with Crippen LogP contribution in [0.15, 0.2) is 53.7 Å². The molecule has 3 rings (SSSR count). The van der Waals surface area contributed by atoms with Crippen molar-refractivity contribution in [1.82, 2.24) is 14.8 Å². The van der Waals surface area contributed by atoms with E-state index in [0.29, 0.717) is 28.7 Å². The van der Waals surface area contributed by atoms with Crippen LogP contribution < -0.4 is 0 Å². The maximum Gasteiger partial charge on any atom is 0.196 e. The van der Waals surface area contributed by atoms with Crippen molar-refractivity contribution in [2.75, 3.05) is 5.75 Å². The van der Waals surface area contributed by atoms with Crippen LogP contribution >= 0.6 is 11.8 Å². The van der Waals surface area contributed by atoms with E-state index in [1.807, 2.05) is 35.8 Å². The van der Waals surface area contributed by atoms with Crippen LogP contribution in [0.3, 0.4) is 0 Å². The molecule has 0 aliphatic heterocycles. The lowest BCUT2D eigenvalue weighted by molar-refractivity contribution is -0.116.